The Morgan fingerprint density at radius 3 is 2.72 bits per heavy atom. The van der Waals surface area contributed by atoms with Crippen molar-refractivity contribution in [1.29, 1.82) is 0 Å². The van der Waals surface area contributed by atoms with Gasteiger partial charge in [0.2, 0.25) is 5.88 Å². The first kappa shape index (κ1) is 17.0. The highest BCUT2D eigenvalue weighted by molar-refractivity contribution is 5.66. The molecule has 1 fully saturated rings. The van der Waals surface area contributed by atoms with E-state index in [1.807, 2.05) is 19.1 Å². The van der Waals surface area contributed by atoms with E-state index in [-0.39, 0.29) is 5.82 Å². The number of aromatic nitrogens is 1. The molecule has 0 aliphatic carbocycles. The van der Waals surface area contributed by atoms with Gasteiger partial charge in [-0.05, 0) is 42.3 Å². The van der Waals surface area contributed by atoms with E-state index in [1.165, 1.54) is 17.0 Å². The van der Waals surface area contributed by atoms with Crippen LogP contribution in [0.25, 0.3) is 0 Å². The van der Waals surface area contributed by atoms with Crippen molar-refractivity contribution in [2.24, 2.45) is 0 Å². The van der Waals surface area contributed by atoms with Gasteiger partial charge < -0.3 is 19.6 Å². The van der Waals surface area contributed by atoms with Gasteiger partial charge in [0, 0.05) is 32.4 Å². The molecule has 7 heteroatoms. The molecule has 6 nitrogen and oxygen atoms in total. The van der Waals surface area contributed by atoms with Crippen LogP contribution in [0.15, 0.2) is 36.5 Å². The number of ether oxygens (including phenoxy) is 1. The van der Waals surface area contributed by atoms with Crippen LogP contribution >= 0.6 is 0 Å². The van der Waals surface area contributed by atoms with Gasteiger partial charge in [0.25, 0.3) is 0 Å². The summed E-state index contributed by atoms with van der Waals surface area (Å²) in [6, 6.07) is 8.15. The molecule has 0 spiro atoms. The summed E-state index contributed by atoms with van der Waals surface area (Å²) in [6.45, 7) is 3.93. The molecule has 1 saturated heterocycles. The molecule has 132 valence electrons. The van der Waals surface area contributed by atoms with Gasteiger partial charge in [-0.2, -0.15) is 0 Å². The van der Waals surface area contributed by atoms with Gasteiger partial charge in [0.15, 0.2) is 0 Å². The number of pyridine rings is 1. The van der Waals surface area contributed by atoms with E-state index in [2.05, 4.69) is 9.88 Å². The molecule has 3 rings (SSSR count). The van der Waals surface area contributed by atoms with Crippen molar-refractivity contribution in [3.8, 4) is 11.6 Å². The normalized spacial score (nSPS) is 14.5. The Morgan fingerprint density at radius 1 is 1.28 bits per heavy atom. The number of carboxylic acid groups (broad SMARTS) is 1. The lowest BCUT2D eigenvalue weighted by molar-refractivity contribution is 0.142. The average Bonchev–Trinajstić information content (AvgIpc) is 2.63. The zero-order valence-electron chi connectivity index (χ0n) is 14.0. The highest BCUT2D eigenvalue weighted by Gasteiger charge is 2.23. The molecule has 0 unspecified atom stereocenters. The zero-order valence-corrected chi connectivity index (χ0v) is 14.0. The summed E-state index contributed by atoms with van der Waals surface area (Å²) in [4.78, 5) is 18.8. The topological polar surface area (TPSA) is 65.9 Å². The minimum absolute atomic E-state index is 0.296. The lowest BCUT2D eigenvalue weighted by Gasteiger charge is -2.34. The van der Waals surface area contributed by atoms with Crippen molar-refractivity contribution >= 4 is 11.8 Å². The highest BCUT2D eigenvalue weighted by atomic mass is 19.1. The van der Waals surface area contributed by atoms with Crippen molar-refractivity contribution in [1.82, 2.24) is 9.88 Å². The first-order valence-corrected chi connectivity index (χ1v) is 8.22. The van der Waals surface area contributed by atoms with E-state index in [9.17, 15) is 9.18 Å². The van der Waals surface area contributed by atoms with Crippen molar-refractivity contribution in [2.75, 3.05) is 31.1 Å². The molecule has 25 heavy (non-hydrogen) atoms. The quantitative estimate of drug-likeness (QED) is 0.920. The maximum absolute atomic E-state index is 13.4. The summed E-state index contributed by atoms with van der Waals surface area (Å²) >= 11 is 0. The number of benzene rings is 1. The fourth-order valence-corrected chi connectivity index (χ4v) is 2.87. The smallest absolute Gasteiger partial charge is 0.407 e. The Balaban J connectivity index is 1.81. The minimum atomic E-state index is -0.902. The van der Waals surface area contributed by atoms with E-state index in [0.717, 1.165) is 11.3 Å². The largest absolute Gasteiger partial charge is 0.465 e. The Bertz CT molecular complexity index is 761. The molecular formula is C18H20FN3O3. The van der Waals surface area contributed by atoms with Crippen molar-refractivity contribution in [3.63, 3.8) is 0 Å². The summed E-state index contributed by atoms with van der Waals surface area (Å²) in [6.07, 6.45) is 1.38. The number of aryl methyl sites for hydroxylation is 1. The van der Waals surface area contributed by atoms with Crippen LogP contribution in [0.1, 0.15) is 12.5 Å². The summed E-state index contributed by atoms with van der Waals surface area (Å²) in [5, 5.41) is 9.06. The SMILES string of the molecule is CCc1cc(F)ccc1Oc1ncccc1N1CCN(C(=O)O)CC1. The lowest BCUT2D eigenvalue weighted by atomic mass is 10.1. The van der Waals surface area contributed by atoms with E-state index in [4.69, 9.17) is 9.84 Å². The number of hydrogen-bond donors (Lipinski definition) is 1. The van der Waals surface area contributed by atoms with Crippen LogP contribution in [-0.2, 0) is 6.42 Å². The number of rotatable bonds is 4. The maximum atomic E-state index is 13.4. The molecule has 1 aliphatic rings. The van der Waals surface area contributed by atoms with Crippen LogP contribution in [-0.4, -0.2) is 47.3 Å². The van der Waals surface area contributed by atoms with Crippen LogP contribution in [0.2, 0.25) is 0 Å². The summed E-state index contributed by atoms with van der Waals surface area (Å²) in [5.74, 6) is 0.718. The van der Waals surface area contributed by atoms with Crippen LogP contribution in [0.3, 0.4) is 0 Å². The van der Waals surface area contributed by atoms with Gasteiger partial charge in [-0.25, -0.2) is 14.2 Å². The predicted octanol–water partition coefficient (Wildman–Crippen LogP) is 3.38. The Morgan fingerprint density at radius 2 is 2.04 bits per heavy atom. The molecule has 1 N–H and O–H groups in total. The first-order valence-electron chi connectivity index (χ1n) is 8.22. The predicted molar refractivity (Wildman–Crippen MR) is 91.9 cm³/mol. The molecule has 0 saturated carbocycles. The van der Waals surface area contributed by atoms with Gasteiger partial charge in [-0.15, -0.1) is 0 Å². The minimum Gasteiger partial charge on any atom is -0.465 e. The second-order valence-corrected chi connectivity index (χ2v) is 5.79. The molecule has 0 bridgehead atoms. The van der Waals surface area contributed by atoms with Crippen LogP contribution < -0.4 is 9.64 Å². The summed E-state index contributed by atoms with van der Waals surface area (Å²) in [5.41, 5.74) is 1.58. The van der Waals surface area contributed by atoms with Crippen molar-refractivity contribution in [3.05, 3.63) is 47.9 Å². The number of anilines is 1. The summed E-state index contributed by atoms with van der Waals surface area (Å²) in [7, 11) is 0. The van der Waals surface area contributed by atoms with Crippen LogP contribution in [0, 0.1) is 5.82 Å². The second kappa shape index (κ2) is 7.38. The average molecular weight is 345 g/mol. The third-order valence-corrected chi connectivity index (χ3v) is 4.25. The number of nitrogens with zero attached hydrogens (tertiary/aromatic N) is 3. The third kappa shape index (κ3) is 3.81. The fourth-order valence-electron chi connectivity index (χ4n) is 2.87. The second-order valence-electron chi connectivity index (χ2n) is 5.79. The van der Waals surface area contributed by atoms with E-state index in [1.54, 1.807) is 12.3 Å². The molecule has 2 aromatic rings. The highest BCUT2D eigenvalue weighted by Crippen LogP contribution is 2.32. The Hall–Kier alpha value is -2.83. The lowest BCUT2D eigenvalue weighted by Crippen LogP contribution is -2.48. The molecular weight excluding hydrogens is 325 g/mol. The third-order valence-electron chi connectivity index (χ3n) is 4.25. The van der Waals surface area contributed by atoms with Crippen molar-refractivity contribution in [2.45, 2.75) is 13.3 Å². The molecule has 1 aliphatic heterocycles. The number of carbonyl (C=O) groups is 1. The molecule has 0 radical (unpaired) electrons. The van der Waals surface area contributed by atoms with E-state index in [0.29, 0.717) is 44.2 Å². The van der Waals surface area contributed by atoms with E-state index >= 15 is 0 Å². The first-order chi connectivity index (χ1) is 12.1. The number of amides is 1. The van der Waals surface area contributed by atoms with Gasteiger partial charge in [-0.1, -0.05) is 6.92 Å². The van der Waals surface area contributed by atoms with Crippen molar-refractivity contribution < 1.29 is 19.0 Å². The number of piperazine rings is 1. The van der Waals surface area contributed by atoms with Gasteiger partial charge in [-0.3, -0.25) is 0 Å². The molecule has 0 atom stereocenters. The molecule has 2 heterocycles. The molecule has 1 aromatic carbocycles. The van der Waals surface area contributed by atoms with Gasteiger partial charge in [0.1, 0.15) is 17.3 Å². The Labute approximate surface area is 145 Å². The van der Waals surface area contributed by atoms with Crippen LogP contribution in [0.5, 0.6) is 11.6 Å². The standard InChI is InChI=1S/C18H20FN3O3/c1-2-13-12-14(19)5-6-16(13)25-17-15(4-3-7-20-17)21-8-10-22(11-9-21)18(23)24/h3-7,12H,2,8-11H2,1H3,(H,23,24). The zero-order chi connectivity index (χ0) is 17.8. The monoisotopic (exact) mass is 345 g/mol. The summed E-state index contributed by atoms with van der Waals surface area (Å²) < 4.78 is 19.4. The molecule has 1 amide bonds. The number of halogens is 1. The number of hydrogen-bond acceptors (Lipinski definition) is 4. The molecule has 1 aromatic heterocycles. The Kier molecular flexibility index (Phi) is 5.02. The maximum Gasteiger partial charge on any atom is 0.407 e. The van der Waals surface area contributed by atoms with Crippen LogP contribution in [0.4, 0.5) is 14.9 Å². The van der Waals surface area contributed by atoms with E-state index < -0.39 is 6.09 Å². The van der Waals surface area contributed by atoms with Gasteiger partial charge >= 0.3 is 6.09 Å². The fraction of sp³-hybridized carbons (Fsp3) is 0.333. The van der Waals surface area contributed by atoms with Gasteiger partial charge in [0.05, 0.1) is 0 Å².